The highest BCUT2D eigenvalue weighted by Crippen LogP contribution is 2.29. The Labute approximate surface area is 202 Å². The third-order valence-electron chi connectivity index (χ3n) is 5.04. The number of hydrogen-bond donors (Lipinski definition) is 1. The summed E-state index contributed by atoms with van der Waals surface area (Å²) < 4.78 is 7.18. The fraction of sp³-hybridized carbons (Fsp3) is 0.160. The van der Waals surface area contributed by atoms with Gasteiger partial charge in [-0.2, -0.15) is 0 Å². The summed E-state index contributed by atoms with van der Waals surface area (Å²) in [6.07, 6.45) is 0.959. The molecule has 0 saturated heterocycles. The van der Waals surface area contributed by atoms with E-state index in [0.29, 0.717) is 16.0 Å². The van der Waals surface area contributed by atoms with Gasteiger partial charge in [0.25, 0.3) is 0 Å². The molecule has 0 aliphatic carbocycles. The zero-order valence-corrected chi connectivity index (χ0v) is 19.9. The van der Waals surface area contributed by atoms with Gasteiger partial charge < -0.3 is 10.1 Å². The highest BCUT2D eigenvalue weighted by atomic mass is 35.5. The molecule has 0 saturated carbocycles. The van der Waals surface area contributed by atoms with Crippen LogP contribution >= 0.6 is 23.4 Å². The van der Waals surface area contributed by atoms with Gasteiger partial charge in [0.15, 0.2) is 11.0 Å². The summed E-state index contributed by atoms with van der Waals surface area (Å²) in [5, 5.41) is 13.0. The minimum Gasteiger partial charge on any atom is -0.497 e. The number of thioether (sulfide) groups is 1. The maximum atomic E-state index is 12.6. The van der Waals surface area contributed by atoms with Crippen LogP contribution in [0.1, 0.15) is 12.5 Å². The molecule has 0 atom stereocenters. The minimum absolute atomic E-state index is 0.110. The highest BCUT2D eigenvalue weighted by Gasteiger charge is 2.17. The van der Waals surface area contributed by atoms with Crippen LogP contribution in [0.4, 0.5) is 5.69 Å². The number of nitrogens with one attached hydrogen (secondary N) is 1. The number of aromatic nitrogens is 3. The molecule has 1 amide bonds. The highest BCUT2D eigenvalue weighted by molar-refractivity contribution is 7.99. The Hall–Kier alpha value is -3.29. The molecule has 0 bridgehead atoms. The first-order valence-corrected chi connectivity index (χ1v) is 11.8. The molecule has 168 valence electrons. The molecular formula is C25H23ClN4O2S. The van der Waals surface area contributed by atoms with Crippen LogP contribution in [0, 0.1) is 0 Å². The lowest BCUT2D eigenvalue weighted by Gasteiger charge is -2.11. The minimum atomic E-state index is -0.110. The molecule has 8 heteroatoms. The first-order valence-electron chi connectivity index (χ1n) is 10.4. The Morgan fingerprint density at radius 3 is 2.33 bits per heavy atom. The lowest BCUT2D eigenvalue weighted by molar-refractivity contribution is -0.113. The Morgan fingerprint density at radius 2 is 1.70 bits per heavy atom. The van der Waals surface area contributed by atoms with E-state index >= 15 is 0 Å². The fourth-order valence-electron chi connectivity index (χ4n) is 3.26. The first-order chi connectivity index (χ1) is 16.1. The molecule has 0 spiro atoms. The number of benzene rings is 3. The molecule has 6 nitrogen and oxygen atoms in total. The SMILES string of the molecule is CCc1ccc(NC(=O)CSc2nnc(-c3ccc(OC)cc3)n2-c2ccc(Cl)cc2)cc1. The number of rotatable bonds is 8. The Kier molecular flexibility index (Phi) is 7.32. The predicted octanol–water partition coefficient (Wildman–Crippen LogP) is 5.89. The standard InChI is InChI=1S/C25H23ClN4O2S/c1-3-17-4-10-20(11-5-17)27-23(31)16-33-25-29-28-24(18-6-14-22(32-2)15-7-18)30(25)21-12-8-19(26)9-13-21/h4-15H,3,16H2,1-2H3,(H,27,31). The van der Waals surface area contributed by atoms with Gasteiger partial charge in [-0.25, -0.2) is 0 Å². The normalized spacial score (nSPS) is 10.8. The van der Waals surface area contributed by atoms with E-state index in [2.05, 4.69) is 22.4 Å². The summed E-state index contributed by atoms with van der Waals surface area (Å²) in [4.78, 5) is 12.6. The molecule has 1 aromatic heterocycles. The Morgan fingerprint density at radius 1 is 1.00 bits per heavy atom. The van der Waals surface area contributed by atoms with E-state index in [1.165, 1.54) is 17.3 Å². The number of aryl methyl sites for hydroxylation is 1. The van der Waals surface area contributed by atoms with Crippen molar-refractivity contribution < 1.29 is 9.53 Å². The van der Waals surface area contributed by atoms with E-state index in [1.807, 2.05) is 77.4 Å². The van der Waals surface area contributed by atoms with Crippen LogP contribution in [0.3, 0.4) is 0 Å². The maximum absolute atomic E-state index is 12.6. The number of anilines is 1. The van der Waals surface area contributed by atoms with Gasteiger partial charge in [0.05, 0.1) is 12.9 Å². The molecular weight excluding hydrogens is 456 g/mol. The zero-order chi connectivity index (χ0) is 23.2. The van der Waals surface area contributed by atoms with Gasteiger partial charge in [-0.3, -0.25) is 9.36 Å². The quantitative estimate of drug-likeness (QED) is 0.320. The Bertz CT molecular complexity index is 1220. The van der Waals surface area contributed by atoms with Crippen LogP contribution in [0.15, 0.2) is 78.0 Å². The number of nitrogens with zero attached hydrogens (tertiary/aromatic N) is 3. The summed E-state index contributed by atoms with van der Waals surface area (Å²) in [5.74, 6) is 1.51. The number of ether oxygens (including phenoxy) is 1. The first kappa shape index (κ1) is 22.9. The van der Waals surface area contributed by atoms with E-state index in [4.69, 9.17) is 16.3 Å². The van der Waals surface area contributed by atoms with E-state index in [1.54, 1.807) is 7.11 Å². The lowest BCUT2D eigenvalue weighted by Crippen LogP contribution is -2.14. The van der Waals surface area contributed by atoms with Crippen LogP contribution in [-0.2, 0) is 11.2 Å². The summed E-state index contributed by atoms with van der Waals surface area (Å²) in [5.41, 5.74) is 3.74. The largest absolute Gasteiger partial charge is 0.497 e. The van der Waals surface area contributed by atoms with Crippen LogP contribution in [0.2, 0.25) is 5.02 Å². The average Bonchev–Trinajstić information content (AvgIpc) is 3.27. The van der Waals surface area contributed by atoms with Crippen molar-refractivity contribution in [3.05, 3.63) is 83.4 Å². The van der Waals surface area contributed by atoms with Gasteiger partial charge >= 0.3 is 0 Å². The Balaban J connectivity index is 1.57. The summed E-state index contributed by atoms with van der Waals surface area (Å²) >= 11 is 7.41. The number of amides is 1. The third-order valence-corrected chi connectivity index (χ3v) is 6.23. The van der Waals surface area contributed by atoms with Crippen molar-refractivity contribution in [3.63, 3.8) is 0 Å². The second-order valence-corrected chi connectivity index (χ2v) is 8.61. The molecule has 1 N–H and O–H groups in total. The number of carbonyl (C=O) groups is 1. The van der Waals surface area contributed by atoms with Gasteiger partial charge in [-0.1, -0.05) is 42.4 Å². The van der Waals surface area contributed by atoms with Crippen molar-refractivity contribution in [1.82, 2.24) is 14.8 Å². The molecule has 4 aromatic rings. The van der Waals surface area contributed by atoms with E-state index in [-0.39, 0.29) is 11.7 Å². The van der Waals surface area contributed by atoms with Gasteiger partial charge in [0.2, 0.25) is 5.91 Å². The van der Waals surface area contributed by atoms with Crippen LogP contribution in [-0.4, -0.2) is 33.5 Å². The molecule has 3 aromatic carbocycles. The summed E-state index contributed by atoms with van der Waals surface area (Å²) in [6, 6.07) is 22.9. The molecule has 4 rings (SSSR count). The second kappa shape index (κ2) is 10.6. The second-order valence-electron chi connectivity index (χ2n) is 7.23. The number of hydrogen-bond acceptors (Lipinski definition) is 5. The van der Waals surface area contributed by atoms with Gasteiger partial charge in [-0.15, -0.1) is 10.2 Å². The van der Waals surface area contributed by atoms with Gasteiger partial charge in [-0.05, 0) is 72.6 Å². The average molecular weight is 479 g/mol. The number of carbonyl (C=O) groups excluding carboxylic acids is 1. The smallest absolute Gasteiger partial charge is 0.234 e. The van der Waals surface area contributed by atoms with Gasteiger partial charge in [0.1, 0.15) is 5.75 Å². The topological polar surface area (TPSA) is 69.0 Å². The predicted molar refractivity (Wildman–Crippen MR) is 134 cm³/mol. The van der Waals surface area contributed by atoms with Gasteiger partial charge in [0, 0.05) is 22.0 Å². The molecule has 0 radical (unpaired) electrons. The van der Waals surface area contributed by atoms with E-state index in [0.717, 1.165) is 29.1 Å². The van der Waals surface area contributed by atoms with Crippen molar-refractivity contribution in [2.24, 2.45) is 0 Å². The van der Waals surface area contributed by atoms with Crippen LogP contribution in [0.25, 0.3) is 17.1 Å². The maximum Gasteiger partial charge on any atom is 0.234 e. The van der Waals surface area contributed by atoms with Crippen molar-refractivity contribution in [3.8, 4) is 22.8 Å². The summed E-state index contributed by atoms with van der Waals surface area (Å²) in [7, 11) is 1.63. The molecule has 0 aliphatic heterocycles. The van der Waals surface area contributed by atoms with Crippen molar-refractivity contribution >= 4 is 35.0 Å². The number of methoxy groups -OCH3 is 1. The molecule has 0 fully saturated rings. The van der Waals surface area contributed by atoms with Crippen molar-refractivity contribution in [2.75, 3.05) is 18.2 Å². The fourth-order valence-corrected chi connectivity index (χ4v) is 4.14. The van der Waals surface area contributed by atoms with E-state index < -0.39 is 0 Å². The summed E-state index contributed by atoms with van der Waals surface area (Å²) in [6.45, 7) is 2.10. The van der Waals surface area contributed by atoms with E-state index in [9.17, 15) is 4.79 Å². The van der Waals surface area contributed by atoms with Crippen molar-refractivity contribution in [2.45, 2.75) is 18.5 Å². The monoisotopic (exact) mass is 478 g/mol. The van der Waals surface area contributed by atoms with Crippen LogP contribution in [0.5, 0.6) is 5.75 Å². The molecule has 0 aliphatic rings. The number of halogens is 1. The third kappa shape index (κ3) is 5.56. The van der Waals surface area contributed by atoms with Crippen molar-refractivity contribution in [1.29, 1.82) is 0 Å². The van der Waals surface area contributed by atoms with Crippen LogP contribution < -0.4 is 10.1 Å². The molecule has 0 unspecified atom stereocenters. The molecule has 33 heavy (non-hydrogen) atoms. The lowest BCUT2D eigenvalue weighted by atomic mass is 10.1. The molecule has 1 heterocycles. The zero-order valence-electron chi connectivity index (χ0n) is 18.3.